The van der Waals surface area contributed by atoms with Crippen molar-refractivity contribution in [3.63, 3.8) is 0 Å². The Bertz CT molecular complexity index is 271. The Hall–Kier alpha value is -0.570. The Kier molecular flexibility index (Phi) is 4.08. The van der Waals surface area contributed by atoms with Crippen LogP contribution < -0.4 is 10.6 Å². The summed E-state index contributed by atoms with van der Waals surface area (Å²) < 4.78 is 0. The summed E-state index contributed by atoms with van der Waals surface area (Å²) in [5.41, 5.74) is -0.0788. The van der Waals surface area contributed by atoms with E-state index in [0.29, 0.717) is 11.9 Å². The van der Waals surface area contributed by atoms with E-state index >= 15 is 0 Å². The molecule has 1 saturated heterocycles. The summed E-state index contributed by atoms with van der Waals surface area (Å²) in [5, 5.41) is 6.63. The SMILES string of the molecule is CCCC1CC1NC(=O)C1(CC)CCNCC1. The zero-order valence-electron chi connectivity index (χ0n) is 11.2. The van der Waals surface area contributed by atoms with Crippen LogP contribution in [-0.2, 0) is 4.79 Å². The molecule has 2 unspecified atom stereocenters. The number of carbonyl (C=O) groups excluding carboxylic acids is 1. The van der Waals surface area contributed by atoms with E-state index in [1.807, 2.05) is 0 Å². The lowest BCUT2D eigenvalue weighted by Gasteiger charge is -2.35. The minimum Gasteiger partial charge on any atom is -0.353 e. The number of rotatable bonds is 5. The number of piperidine rings is 1. The van der Waals surface area contributed by atoms with Gasteiger partial charge in [0.2, 0.25) is 5.91 Å². The Morgan fingerprint density at radius 1 is 1.35 bits per heavy atom. The van der Waals surface area contributed by atoms with Gasteiger partial charge in [-0.1, -0.05) is 20.3 Å². The Morgan fingerprint density at radius 2 is 2.06 bits per heavy atom. The normalized spacial score (nSPS) is 30.9. The summed E-state index contributed by atoms with van der Waals surface area (Å²) in [4.78, 5) is 12.4. The number of amides is 1. The van der Waals surface area contributed by atoms with Crippen molar-refractivity contribution in [2.75, 3.05) is 13.1 Å². The summed E-state index contributed by atoms with van der Waals surface area (Å²) in [7, 11) is 0. The first-order chi connectivity index (χ1) is 8.22. The molecule has 0 spiro atoms. The van der Waals surface area contributed by atoms with Crippen molar-refractivity contribution in [2.24, 2.45) is 11.3 Å². The Balaban J connectivity index is 1.85. The standard InChI is InChI=1S/C14H26N2O/c1-3-5-11-10-12(11)16-13(17)14(4-2)6-8-15-9-7-14/h11-12,15H,3-10H2,1-2H3,(H,16,17). The van der Waals surface area contributed by atoms with E-state index in [4.69, 9.17) is 0 Å². The highest BCUT2D eigenvalue weighted by atomic mass is 16.2. The molecule has 0 radical (unpaired) electrons. The number of hydrogen-bond donors (Lipinski definition) is 2. The monoisotopic (exact) mass is 238 g/mol. The molecule has 0 aromatic carbocycles. The summed E-state index contributed by atoms with van der Waals surface area (Å²) in [5.74, 6) is 1.09. The summed E-state index contributed by atoms with van der Waals surface area (Å²) >= 11 is 0. The average Bonchev–Trinajstić information content (AvgIpc) is 3.08. The predicted octanol–water partition coefficient (Wildman–Crippen LogP) is 2.07. The third-order valence-electron chi connectivity index (χ3n) is 4.62. The summed E-state index contributed by atoms with van der Waals surface area (Å²) in [6.45, 7) is 6.35. The molecular formula is C14H26N2O. The van der Waals surface area contributed by atoms with Gasteiger partial charge in [0.15, 0.2) is 0 Å². The van der Waals surface area contributed by atoms with Gasteiger partial charge >= 0.3 is 0 Å². The number of carbonyl (C=O) groups is 1. The third kappa shape index (κ3) is 2.82. The molecule has 0 bridgehead atoms. The molecule has 3 heteroatoms. The first-order valence-electron chi connectivity index (χ1n) is 7.23. The Morgan fingerprint density at radius 3 is 2.65 bits per heavy atom. The van der Waals surface area contributed by atoms with Crippen LogP contribution in [0.2, 0.25) is 0 Å². The largest absolute Gasteiger partial charge is 0.353 e. The molecule has 0 aromatic rings. The number of hydrogen-bond acceptors (Lipinski definition) is 2. The number of nitrogens with one attached hydrogen (secondary N) is 2. The molecule has 3 nitrogen and oxygen atoms in total. The van der Waals surface area contributed by atoms with Crippen LogP contribution in [0.25, 0.3) is 0 Å². The van der Waals surface area contributed by atoms with Crippen LogP contribution in [0, 0.1) is 11.3 Å². The minimum absolute atomic E-state index is 0.0788. The van der Waals surface area contributed by atoms with Gasteiger partial charge in [0.25, 0.3) is 0 Å². The van der Waals surface area contributed by atoms with Crippen molar-refractivity contribution in [1.29, 1.82) is 0 Å². The van der Waals surface area contributed by atoms with E-state index in [1.54, 1.807) is 0 Å². The van der Waals surface area contributed by atoms with Crippen LogP contribution in [0.15, 0.2) is 0 Å². The zero-order chi connectivity index (χ0) is 12.3. The van der Waals surface area contributed by atoms with Crippen LogP contribution in [0.4, 0.5) is 0 Å². The molecule has 1 aliphatic heterocycles. The highest BCUT2D eigenvalue weighted by Gasteiger charge is 2.43. The second-order valence-corrected chi connectivity index (χ2v) is 5.75. The molecule has 2 rings (SSSR count). The van der Waals surface area contributed by atoms with Crippen molar-refractivity contribution in [1.82, 2.24) is 10.6 Å². The predicted molar refractivity (Wildman–Crippen MR) is 69.8 cm³/mol. The topological polar surface area (TPSA) is 41.1 Å². The molecule has 0 aromatic heterocycles. The fourth-order valence-corrected chi connectivity index (χ4v) is 3.08. The van der Waals surface area contributed by atoms with Crippen LogP contribution in [0.1, 0.15) is 52.4 Å². The molecule has 98 valence electrons. The summed E-state index contributed by atoms with van der Waals surface area (Å²) in [6.07, 6.45) is 6.69. The van der Waals surface area contributed by atoms with E-state index in [2.05, 4.69) is 24.5 Å². The molecule has 1 aliphatic carbocycles. The van der Waals surface area contributed by atoms with Gasteiger partial charge in [-0.3, -0.25) is 4.79 Å². The second-order valence-electron chi connectivity index (χ2n) is 5.75. The molecule has 17 heavy (non-hydrogen) atoms. The first-order valence-corrected chi connectivity index (χ1v) is 7.23. The van der Waals surface area contributed by atoms with Crippen LogP contribution in [0.5, 0.6) is 0 Å². The zero-order valence-corrected chi connectivity index (χ0v) is 11.2. The fourth-order valence-electron chi connectivity index (χ4n) is 3.08. The van der Waals surface area contributed by atoms with E-state index < -0.39 is 0 Å². The van der Waals surface area contributed by atoms with Crippen LogP contribution >= 0.6 is 0 Å². The van der Waals surface area contributed by atoms with Gasteiger partial charge in [-0.05, 0) is 51.1 Å². The van der Waals surface area contributed by atoms with Gasteiger partial charge in [0.1, 0.15) is 0 Å². The van der Waals surface area contributed by atoms with Gasteiger partial charge in [0, 0.05) is 6.04 Å². The van der Waals surface area contributed by atoms with E-state index in [0.717, 1.165) is 38.3 Å². The average molecular weight is 238 g/mol. The molecule has 2 atom stereocenters. The van der Waals surface area contributed by atoms with Crippen molar-refractivity contribution >= 4 is 5.91 Å². The molecule has 2 N–H and O–H groups in total. The quantitative estimate of drug-likeness (QED) is 0.770. The lowest BCUT2D eigenvalue weighted by Crippen LogP contribution is -2.48. The van der Waals surface area contributed by atoms with Crippen molar-refractivity contribution in [3.05, 3.63) is 0 Å². The molecular weight excluding hydrogens is 212 g/mol. The van der Waals surface area contributed by atoms with Gasteiger partial charge in [-0.2, -0.15) is 0 Å². The van der Waals surface area contributed by atoms with E-state index in [-0.39, 0.29) is 5.41 Å². The molecule has 1 heterocycles. The fraction of sp³-hybridized carbons (Fsp3) is 0.929. The van der Waals surface area contributed by atoms with Gasteiger partial charge < -0.3 is 10.6 Å². The molecule has 2 aliphatic rings. The van der Waals surface area contributed by atoms with Gasteiger partial charge in [-0.15, -0.1) is 0 Å². The van der Waals surface area contributed by atoms with Crippen molar-refractivity contribution < 1.29 is 4.79 Å². The lowest BCUT2D eigenvalue weighted by molar-refractivity contribution is -0.133. The molecule has 1 saturated carbocycles. The Labute approximate surface area is 105 Å². The van der Waals surface area contributed by atoms with Gasteiger partial charge in [0.05, 0.1) is 5.41 Å². The first kappa shape index (κ1) is 12.9. The third-order valence-corrected chi connectivity index (χ3v) is 4.62. The highest BCUT2D eigenvalue weighted by molar-refractivity contribution is 5.83. The van der Waals surface area contributed by atoms with Crippen LogP contribution in [-0.4, -0.2) is 25.0 Å². The highest BCUT2D eigenvalue weighted by Crippen LogP contribution is 2.38. The smallest absolute Gasteiger partial charge is 0.226 e. The van der Waals surface area contributed by atoms with Crippen LogP contribution in [0.3, 0.4) is 0 Å². The van der Waals surface area contributed by atoms with Crippen molar-refractivity contribution in [3.8, 4) is 0 Å². The van der Waals surface area contributed by atoms with E-state index in [9.17, 15) is 4.79 Å². The molecule has 1 amide bonds. The maximum atomic E-state index is 12.4. The van der Waals surface area contributed by atoms with Crippen molar-refractivity contribution in [2.45, 2.75) is 58.4 Å². The van der Waals surface area contributed by atoms with Gasteiger partial charge in [-0.25, -0.2) is 0 Å². The second kappa shape index (κ2) is 5.38. The van der Waals surface area contributed by atoms with E-state index in [1.165, 1.54) is 19.3 Å². The minimum atomic E-state index is -0.0788. The maximum absolute atomic E-state index is 12.4. The lowest BCUT2D eigenvalue weighted by atomic mass is 9.76. The summed E-state index contributed by atoms with van der Waals surface area (Å²) in [6, 6.07) is 0.487. The molecule has 2 fully saturated rings. The maximum Gasteiger partial charge on any atom is 0.226 e.